The molecule has 0 amide bonds. The lowest BCUT2D eigenvalue weighted by Crippen LogP contribution is -2.34. The summed E-state index contributed by atoms with van der Waals surface area (Å²) in [6.45, 7) is 3.93. The number of hydrogen-bond acceptors (Lipinski definition) is 3. The van der Waals surface area contributed by atoms with Gasteiger partial charge in [0, 0.05) is 18.3 Å². The van der Waals surface area contributed by atoms with Gasteiger partial charge in [-0.25, -0.2) is 17.9 Å². The highest BCUT2D eigenvalue weighted by molar-refractivity contribution is 7.89. The van der Waals surface area contributed by atoms with Crippen molar-refractivity contribution in [2.75, 3.05) is 0 Å². The van der Waals surface area contributed by atoms with Crippen molar-refractivity contribution in [2.24, 2.45) is 0 Å². The van der Waals surface area contributed by atoms with Crippen LogP contribution in [0.3, 0.4) is 0 Å². The normalized spacial score (nSPS) is 16.9. The summed E-state index contributed by atoms with van der Waals surface area (Å²) in [5.74, 6) is -1.09. The quantitative estimate of drug-likeness (QED) is 0.771. The number of nitrogens with one attached hydrogen (secondary N) is 1. The fourth-order valence-electron chi connectivity index (χ4n) is 2.41. The average molecular weight is 314 g/mol. The first-order valence-corrected chi connectivity index (χ1v) is 8.84. The number of aromatic carboxylic acids is 1. The number of carboxylic acids is 1. The summed E-state index contributed by atoms with van der Waals surface area (Å²) in [6, 6.07) is 1.26. The third-order valence-electron chi connectivity index (χ3n) is 3.74. The zero-order valence-electron chi connectivity index (χ0n) is 12.4. The number of carbonyl (C=O) groups is 1. The fourth-order valence-corrected chi connectivity index (χ4v) is 3.79. The zero-order valence-corrected chi connectivity index (χ0v) is 13.2. The molecule has 1 aliphatic carbocycles. The van der Waals surface area contributed by atoms with Crippen molar-refractivity contribution in [1.82, 2.24) is 9.29 Å². The highest BCUT2D eigenvalue weighted by Gasteiger charge is 2.30. The minimum absolute atomic E-state index is 0.0429. The Hall–Kier alpha value is -1.34. The van der Waals surface area contributed by atoms with Gasteiger partial charge in [-0.3, -0.25) is 0 Å². The highest BCUT2D eigenvalue weighted by Crippen LogP contribution is 2.37. The summed E-state index contributed by atoms with van der Waals surface area (Å²) in [4.78, 5) is 11.3. The Morgan fingerprint density at radius 2 is 2.14 bits per heavy atom. The monoisotopic (exact) mass is 314 g/mol. The van der Waals surface area contributed by atoms with Crippen LogP contribution in [-0.4, -0.2) is 30.1 Å². The van der Waals surface area contributed by atoms with Gasteiger partial charge >= 0.3 is 5.97 Å². The van der Waals surface area contributed by atoms with E-state index in [2.05, 4.69) is 4.72 Å². The fraction of sp³-hybridized carbons (Fsp3) is 0.643. The van der Waals surface area contributed by atoms with Gasteiger partial charge in [0.2, 0.25) is 10.0 Å². The van der Waals surface area contributed by atoms with Gasteiger partial charge in [0.25, 0.3) is 0 Å². The van der Waals surface area contributed by atoms with Crippen molar-refractivity contribution in [3.63, 3.8) is 0 Å². The van der Waals surface area contributed by atoms with Gasteiger partial charge in [-0.1, -0.05) is 20.3 Å². The number of sulfonamides is 1. The number of carboxylic acid groups (broad SMARTS) is 1. The molecule has 1 unspecified atom stereocenters. The maximum atomic E-state index is 12.4. The summed E-state index contributed by atoms with van der Waals surface area (Å²) in [5, 5.41) is 9.20. The molecule has 1 atom stereocenters. The maximum absolute atomic E-state index is 12.4. The average Bonchev–Trinajstić information content (AvgIpc) is 3.15. The highest BCUT2D eigenvalue weighted by atomic mass is 32.2. The Morgan fingerprint density at radius 1 is 1.48 bits per heavy atom. The first-order valence-electron chi connectivity index (χ1n) is 7.36. The van der Waals surface area contributed by atoms with Crippen molar-refractivity contribution in [1.29, 1.82) is 0 Å². The summed E-state index contributed by atoms with van der Waals surface area (Å²) in [6.07, 6.45) is 5.62. The molecule has 1 heterocycles. The van der Waals surface area contributed by atoms with E-state index in [0.29, 0.717) is 6.42 Å². The third-order valence-corrected chi connectivity index (χ3v) is 5.23. The van der Waals surface area contributed by atoms with Crippen LogP contribution < -0.4 is 4.72 Å². The van der Waals surface area contributed by atoms with Crippen LogP contribution in [0.4, 0.5) is 0 Å². The molecule has 1 fully saturated rings. The first kappa shape index (κ1) is 16.0. The number of hydrogen-bond donors (Lipinski definition) is 2. The Morgan fingerprint density at radius 3 is 2.62 bits per heavy atom. The third kappa shape index (κ3) is 3.65. The second-order valence-corrected chi connectivity index (χ2v) is 7.23. The van der Waals surface area contributed by atoms with Crippen molar-refractivity contribution < 1.29 is 18.3 Å². The lowest BCUT2D eigenvalue weighted by molar-refractivity contribution is 0.0685. The van der Waals surface area contributed by atoms with Crippen molar-refractivity contribution in [2.45, 2.75) is 62.9 Å². The van der Waals surface area contributed by atoms with Gasteiger partial charge < -0.3 is 9.67 Å². The van der Waals surface area contributed by atoms with E-state index in [4.69, 9.17) is 0 Å². The molecule has 1 aliphatic rings. The molecule has 21 heavy (non-hydrogen) atoms. The van der Waals surface area contributed by atoms with Crippen LogP contribution in [0.25, 0.3) is 0 Å². The second kappa shape index (κ2) is 6.19. The SMILES string of the molecule is CCCC(CC)NS(=O)(=O)c1cc(C(=O)O)n(C2CC2)c1. The van der Waals surface area contributed by atoms with E-state index in [1.165, 1.54) is 12.3 Å². The molecule has 2 rings (SSSR count). The zero-order chi connectivity index (χ0) is 15.6. The summed E-state index contributed by atoms with van der Waals surface area (Å²) >= 11 is 0. The lowest BCUT2D eigenvalue weighted by Gasteiger charge is -2.15. The van der Waals surface area contributed by atoms with Gasteiger partial charge in [-0.2, -0.15) is 0 Å². The number of nitrogens with zero attached hydrogens (tertiary/aromatic N) is 1. The van der Waals surface area contributed by atoms with Crippen LogP contribution in [0.5, 0.6) is 0 Å². The van der Waals surface area contributed by atoms with Crippen LogP contribution in [0, 0.1) is 0 Å². The molecule has 2 N–H and O–H groups in total. The molecule has 0 bridgehead atoms. The molecule has 0 aromatic carbocycles. The van der Waals surface area contributed by atoms with Crippen LogP contribution >= 0.6 is 0 Å². The van der Waals surface area contributed by atoms with E-state index >= 15 is 0 Å². The number of aromatic nitrogens is 1. The number of rotatable bonds is 8. The van der Waals surface area contributed by atoms with Crippen LogP contribution in [0.1, 0.15) is 62.5 Å². The molecule has 1 aromatic rings. The smallest absolute Gasteiger partial charge is 0.352 e. The Balaban J connectivity index is 2.27. The van der Waals surface area contributed by atoms with Gasteiger partial charge in [-0.15, -0.1) is 0 Å². The summed E-state index contributed by atoms with van der Waals surface area (Å²) < 4.78 is 29.0. The van der Waals surface area contributed by atoms with Crippen LogP contribution in [0.15, 0.2) is 17.2 Å². The molecular weight excluding hydrogens is 292 g/mol. The molecule has 0 saturated heterocycles. The Bertz CT molecular complexity index is 617. The molecule has 0 aliphatic heterocycles. The Labute approximate surface area is 125 Å². The molecule has 1 saturated carbocycles. The Kier molecular flexibility index (Phi) is 4.73. The summed E-state index contributed by atoms with van der Waals surface area (Å²) in [7, 11) is -3.67. The molecular formula is C14H22N2O4S. The van der Waals surface area contributed by atoms with Gasteiger partial charge in [0.15, 0.2) is 0 Å². The first-order chi connectivity index (χ1) is 9.89. The predicted molar refractivity (Wildman–Crippen MR) is 79.0 cm³/mol. The maximum Gasteiger partial charge on any atom is 0.352 e. The van der Waals surface area contributed by atoms with E-state index in [9.17, 15) is 18.3 Å². The van der Waals surface area contributed by atoms with E-state index in [1.54, 1.807) is 4.57 Å². The van der Waals surface area contributed by atoms with Gasteiger partial charge in [-0.05, 0) is 31.7 Å². The molecule has 0 radical (unpaired) electrons. The molecule has 1 aromatic heterocycles. The molecule has 118 valence electrons. The van der Waals surface area contributed by atoms with Crippen molar-refractivity contribution >= 4 is 16.0 Å². The summed E-state index contributed by atoms with van der Waals surface area (Å²) in [5.41, 5.74) is 0.0430. The van der Waals surface area contributed by atoms with E-state index < -0.39 is 16.0 Å². The van der Waals surface area contributed by atoms with E-state index in [-0.39, 0.29) is 22.7 Å². The standard InChI is InChI=1S/C14H22N2O4S/c1-3-5-10(4-2)15-21(19,20)12-8-13(14(17)18)16(9-12)11-6-7-11/h8-11,15H,3-7H2,1-2H3,(H,17,18). The topological polar surface area (TPSA) is 88.4 Å². The van der Waals surface area contributed by atoms with E-state index in [1.807, 2.05) is 13.8 Å². The molecule has 7 heteroatoms. The second-order valence-electron chi connectivity index (χ2n) is 5.52. The predicted octanol–water partition coefficient (Wildman–Crippen LogP) is 2.38. The van der Waals surface area contributed by atoms with Crippen molar-refractivity contribution in [3.05, 3.63) is 18.0 Å². The van der Waals surface area contributed by atoms with Crippen LogP contribution in [0.2, 0.25) is 0 Å². The lowest BCUT2D eigenvalue weighted by atomic mass is 10.1. The minimum atomic E-state index is -3.67. The van der Waals surface area contributed by atoms with E-state index in [0.717, 1.165) is 25.7 Å². The van der Waals surface area contributed by atoms with Crippen molar-refractivity contribution in [3.8, 4) is 0 Å². The molecule has 6 nitrogen and oxygen atoms in total. The van der Waals surface area contributed by atoms with Gasteiger partial charge in [0.05, 0.1) is 0 Å². The van der Waals surface area contributed by atoms with Crippen LogP contribution in [-0.2, 0) is 10.0 Å². The minimum Gasteiger partial charge on any atom is -0.477 e. The molecule has 0 spiro atoms. The largest absolute Gasteiger partial charge is 0.477 e. The van der Waals surface area contributed by atoms with Gasteiger partial charge in [0.1, 0.15) is 10.6 Å².